The standard InChI is InChI=1S/C20H23F3N6O3S/c1-4-17(30)27-33(31,32)14-5-6-16(25-9-14)29-19(28-10-12(2)7-13(3)11-28)15(8-24)18(26-29)20(21,22)23/h5-6,9,12-13H,4,7,10-11H2,1-3H3,(H,27,30). The zero-order valence-corrected chi connectivity index (χ0v) is 19.0. The smallest absolute Gasteiger partial charge is 0.355 e. The Morgan fingerprint density at radius 3 is 2.39 bits per heavy atom. The van der Waals surface area contributed by atoms with Gasteiger partial charge < -0.3 is 4.90 Å². The second-order valence-electron chi connectivity index (χ2n) is 8.15. The van der Waals surface area contributed by atoms with Gasteiger partial charge in [-0.2, -0.15) is 28.2 Å². The minimum Gasteiger partial charge on any atom is -0.355 e. The lowest BCUT2D eigenvalue weighted by Gasteiger charge is -2.36. The number of rotatable bonds is 5. The van der Waals surface area contributed by atoms with Crippen LogP contribution in [0.2, 0.25) is 0 Å². The summed E-state index contributed by atoms with van der Waals surface area (Å²) in [5.74, 6) is -0.481. The van der Waals surface area contributed by atoms with E-state index < -0.39 is 33.4 Å². The molecule has 3 rings (SSSR count). The number of hydrogen-bond acceptors (Lipinski definition) is 7. The molecule has 0 saturated carbocycles. The lowest BCUT2D eigenvalue weighted by Crippen LogP contribution is -2.40. The number of nitrogens with zero attached hydrogens (tertiary/aromatic N) is 5. The molecule has 2 aromatic heterocycles. The van der Waals surface area contributed by atoms with Gasteiger partial charge in [0.2, 0.25) is 5.91 Å². The van der Waals surface area contributed by atoms with Crippen LogP contribution in [0.4, 0.5) is 19.0 Å². The Balaban J connectivity index is 2.12. The molecule has 9 nitrogen and oxygen atoms in total. The summed E-state index contributed by atoms with van der Waals surface area (Å²) in [6.07, 6.45) is -3.10. The number of nitriles is 1. The SMILES string of the molecule is CCC(=O)NS(=O)(=O)c1ccc(-n2nc(C(F)(F)F)c(C#N)c2N2CC(C)CC(C)C2)nc1. The van der Waals surface area contributed by atoms with Crippen LogP contribution in [0.1, 0.15) is 44.9 Å². The molecule has 1 saturated heterocycles. The van der Waals surface area contributed by atoms with Crippen molar-refractivity contribution in [3.63, 3.8) is 0 Å². The van der Waals surface area contributed by atoms with Crippen LogP contribution in [0.5, 0.6) is 0 Å². The third kappa shape index (κ3) is 5.11. The van der Waals surface area contributed by atoms with Crippen molar-refractivity contribution in [3.8, 4) is 11.9 Å². The highest BCUT2D eigenvalue weighted by Crippen LogP contribution is 2.38. The van der Waals surface area contributed by atoms with E-state index in [0.29, 0.717) is 13.1 Å². The lowest BCUT2D eigenvalue weighted by molar-refractivity contribution is -0.141. The minimum absolute atomic E-state index is 0.0365. The van der Waals surface area contributed by atoms with E-state index >= 15 is 0 Å². The third-order valence-corrected chi connectivity index (χ3v) is 6.59. The minimum atomic E-state index is -4.87. The summed E-state index contributed by atoms with van der Waals surface area (Å²) in [6.45, 7) is 6.29. The monoisotopic (exact) mass is 484 g/mol. The Labute approximate surface area is 189 Å². The van der Waals surface area contributed by atoms with Crippen molar-refractivity contribution in [2.24, 2.45) is 11.8 Å². The predicted octanol–water partition coefficient (Wildman–Crippen LogP) is 2.85. The van der Waals surface area contributed by atoms with E-state index in [1.807, 2.05) is 18.6 Å². The Morgan fingerprint density at radius 1 is 1.27 bits per heavy atom. The number of carbonyl (C=O) groups excluding carboxylic acids is 1. The fourth-order valence-electron chi connectivity index (χ4n) is 3.94. The fraction of sp³-hybridized carbons (Fsp3) is 0.500. The summed E-state index contributed by atoms with van der Waals surface area (Å²) in [6, 6.07) is 3.93. The van der Waals surface area contributed by atoms with E-state index in [1.54, 1.807) is 11.0 Å². The molecule has 0 radical (unpaired) electrons. The van der Waals surface area contributed by atoms with Crippen molar-refractivity contribution in [3.05, 3.63) is 29.6 Å². The maximum absolute atomic E-state index is 13.7. The van der Waals surface area contributed by atoms with Crippen molar-refractivity contribution in [1.29, 1.82) is 5.26 Å². The van der Waals surface area contributed by atoms with Gasteiger partial charge in [-0.1, -0.05) is 20.8 Å². The van der Waals surface area contributed by atoms with Gasteiger partial charge in [0, 0.05) is 25.7 Å². The summed E-state index contributed by atoms with van der Waals surface area (Å²) in [7, 11) is -4.18. The number of anilines is 1. The van der Waals surface area contributed by atoms with Gasteiger partial charge in [0.25, 0.3) is 10.0 Å². The second kappa shape index (κ2) is 9.01. The molecular weight excluding hydrogens is 461 g/mol. The molecule has 33 heavy (non-hydrogen) atoms. The van der Waals surface area contributed by atoms with Crippen LogP contribution in [0.3, 0.4) is 0 Å². The predicted molar refractivity (Wildman–Crippen MR) is 112 cm³/mol. The highest BCUT2D eigenvalue weighted by atomic mass is 32.2. The molecule has 2 atom stereocenters. The Hall–Kier alpha value is -3.14. The van der Waals surface area contributed by atoms with E-state index in [4.69, 9.17) is 0 Å². The van der Waals surface area contributed by atoms with Crippen LogP contribution in [0, 0.1) is 23.2 Å². The highest BCUT2D eigenvalue weighted by molar-refractivity contribution is 7.90. The van der Waals surface area contributed by atoms with Crippen LogP contribution in [-0.2, 0) is 21.0 Å². The summed E-state index contributed by atoms with van der Waals surface area (Å²) in [5, 5.41) is 13.2. The number of sulfonamides is 1. The number of aromatic nitrogens is 3. The van der Waals surface area contributed by atoms with E-state index in [2.05, 4.69) is 10.1 Å². The molecule has 2 unspecified atom stereocenters. The molecule has 1 N–H and O–H groups in total. The average Bonchev–Trinajstić information content (AvgIpc) is 3.13. The number of nitrogens with one attached hydrogen (secondary N) is 1. The average molecular weight is 485 g/mol. The molecule has 13 heteroatoms. The van der Waals surface area contributed by atoms with Crippen molar-refractivity contribution >= 4 is 21.7 Å². The largest absolute Gasteiger partial charge is 0.436 e. The molecule has 0 bridgehead atoms. The summed E-state index contributed by atoms with van der Waals surface area (Å²) in [4.78, 5) is 16.8. The first-order chi connectivity index (χ1) is 15.4. The number of carbonyl (C=O) groups is 1. The highest BCUT2D eigenvalue weighted by Gasteiger charge is 2.42. The van der Waals surface area contributed by atoms with Gasteiger partial charge in [-0.3, -0.25) is 4.79 Å². The number of pyridine rings is 1. The maximum Gasteiger partial charge on any atom is 0.436 e. The number of halogens is 3. The third-order valence-electron chi connectivity index (χ3n) is 5.23. The molecule has 0 spiro atoms. The molecule has 2 aromatic rings. The van der Waals surface area contributed by atoms with Crippen LogP contribution in [-0.4, -0.2) is 42.2 Å². The zero-order chi connectivity index (χ0) is 24.6. The van der Waals surface area contributed by atoms with Crippen molar-refractivity contribution in [1.82, 2.24) is 19.5 Å². The van der Waals surface area contributed by atoms with Gasteiger partial charge in [-0.05, 0) is 30.4 Å². The molecule has 3 heterocycles. The van der Waals surface area contributed by atoms with E-state index in [-0.39, 0.29) is 34.8 Å². The van der Waals surface area contributed by atoms with Gasteiger partial charge in [-0.15, -0.1) is 0 Å². The molecule has 1 aliphatic rings. The van der Waals surface area contributed by atoms with Crippen molar-refractivity contribution in [2.45, 2.75) is 44.7 Å². The summed E-state index contributed by atoms with van der Waals surface area (Å²) in [5.41, 5.74) is -1.95. The van der Waals surface area contributed by atoms with E-state index in [1.165, 1.54) is 13.0 Å². The summed E-state index contributed by atoms with van der Waals surface area (Å²) < 4.78 is 68.3. The Bertz CT molecular complexity index is 1180. The van der Waals surface area contributed by atoms with E-state index in [9.17, 15) is 31.6 Å². The van der Waals surface area contributed by atoms with Gasteiger partial charge in [0.1, 0.15) is 16.5 Å². The molecule has 1 amide bonds. The van der Waals surface area contributed by atoms with Crippen molar-refractivity contribution < 1.29 is 26.4 Å². The first-order valence-electron chi connectivity index (χ1n) is 10.2. The van der Waals surface area contributed by atoms with Crippen LogP contribution in [0.25, 0.3) is 5.82 Å². The first kappa shape index (κ1) is 24.5. The number of piperidine rings is 1. The van der Waals surface area contributed by atoms with Gasteiger partial charge >= 0.3 is 6.18 Å². The topological polar surface area (TPSA) is 121 Å². The maximum atomic E-state index is 13.7. The number of hydrogen-bond donors (Lipinski definition) is 1. The molecule has 1 fully saturated rings. The number of amides is 1. The fourth-order valence-corrected chi connectivity index (χ4v) is 4.94. The zero-order valence-electron chi connectivity index (χ0n) is 18.2. The quantitative estimate of drug-likeness (QED) is 0.693. The second-order valence-corrected chi connectivity index (χ2v) is 9.84. The van der Waals surface area contributed by atoms with E-state index in [0.717, 1.165) is 23.4 Å². The molecule has 0 aromatic carbocycles. The molecule has 0 aliphatic carbocycles. The summed E-state index contributed by atoms with van der Waals surface area (Å²) >= 11 is 0. The number of alkyl halides is 3. The normalized spacial score (nSPS) is 19.2. The van der Waals surface area contributed by atoms with Crippen LogP contribution >= 0.6 is 0 Å². The van der Waals surface area contributed by atoms with Crippen LogP contribution < -0.4 is 9.62 Å². The molecule has 178 valence electrons. The lowest BCUT2D eigenvalue weighted by atomic mass is 9.91. The van der Waals surface area contributed by atoms with Crippen LogP contribution in [0.15, 0.2) is 23.2 Å². The van der Waals surface area contributed by atoms with Gasteiger partial charge in [-0.25, -0.2) is 18.1 Å². The molecule has 1 aliphatic heterocycles. The molecular formula is C20H23F3N6O3S. The van der Waals surface area contributed by atoms with Gasteiger partial charge in [0.05, 0.1) is 0 Å². The van der Waals surface area contributed by atoms with Gasteiger partial charge in [0.15, 0.2) is 17.3 Å². The Kier molecular flexibility index (Phi) is 6.69. The first-order valence-corrected chi connectivity index (χ1v) is 11.7. The Morgan fingerprint density at radius 2 is 1.91 bits per heavy atom. The van der Waals surface area contributed by atoms with Crippen molar-refractivity contribution in [2.75, 3.05) is 18.0 Å².